The van der Waals surface area contributed by atoms with Crippen LogP contribution in [0, 0.1) is 21.7 Å². The first kappa shape index (κ1) is 26.0. The van der Waals surface area contributed by atoms with Crippen molar-refractivity contribution < 1.29 is 36.4 Å². The highest BCUT2D eigenvalue weighted by Gasteiger charge is 2.27. The summed E-state index contributed by atoms with van der Waals surface area (Å²) in [6.07, 6.45) is 1.23. The van der Waals surface area contributed by atoms with Crippen LogP contribution in [-0.2, 0) is 25.1 Å². The summed E-state index contributed by atoms with van der Waals surface area (Å²) >= 11 is 0.860. The zero-order valence-corrected chi connectivity index (χ0v) is 20.5. The number of nitrogens with one attached hydrogen (secondary N) is 1. The molecule has 0 saturated heterocycles. The van der Waals surface area contributed by atoms with E-state index in [-0.39, 0.29) is 20.9 Å². The number of hydrogen-bond acceptors (Lipinski definition) is 8. The molecular formula is C24H16F2N2O7S2. The van der Waals surface area contributed by atoms with Crippen molar-refractivity contribution in [3.8, 4) is 0 Å². The fourth-order valence-corrected chi connectivity index (χ4v) is 5.93. The summed E-state index contributed by atoms with van der Waals surface area (Å²) in [6.45, 7) is 0. The molecule has 3 aromatic rings. The van der Waals surface area contributed by atoms with Crippen LogP contribution in [0.25, 0.3) is 6.08 Å². The van der Waals surface area contributed by atoms with Crippen LogP contribution in [0.1, 0.15) is 21.5 Å². The van der Waals surface area contributed by atoms with E-state index < -0.39 is 55.3 Å². The molecule has 0 aromatic heterocycles. The number of fused-ring (bicyclic) bond motifs is 1. The van der Waals surface area contributed by atoms with E-state index in [1.807, 2.05) is 0 Å². The number of halogens is 2. The van der Waals surface area contributed by atoms with Gasteiger partial charge in [0.15, 0.2) is 9.84 Å². The van der Waals surface area contributed by atoms with Gasteiger partial charge < -0.3 is 10.1 Å². The highest BCUT2D eigenvalue weighted by molar-refractivity contribution is 8.04. The molecule has 0 atom stereocenters. The van der Waals surface area contributed by atoms with Crippen LogP contribution in [0.15, 0.2) is 69.3 Å². The normalized spacial score (nSPS) is 14.1. The molecule has 13 heteroatoms. The summed E-state index contributed by atoms with van der Waals surface area (Å²) < 4.78 is 58.4. The molecule has 1 amide bonds. The number of esters is 1. The van der Waals surface area contributed by atoms with Gasteiger partial charge in [-0.25, -0.2) is 22.0 Å². The first-order valence-corrected chi connectivity index (χ1v) is 12.8. The van der Waals surface area contributed by atoms with E-state index in [9.17, 15) is 36.9 Å². The van der Waals surface area contributed by atoms with E-state index in [1.54, 1.807) is 0 Å². The number of benzene rings is 3. The predicted molar refractivity (Wildman–Crippen MR) is 131 cm³/mol. The Morgan fingerprint density at radius 3 is 2.49 bits per heavy atom. The molecule has 0 unspecified atom stereocenters. The third kappa shape index (κ3) is 5.37. The molecule has 9 nitrogen and oxygen atoms in total. The van der Waals surface area contributed by atoms with Crippen LogP contribution in [0.3, 0.4) is 0 Å². The van der Waals surface area contributed by atoms with Gasteiger partial charge in [-0.3, -0.25) is 14.9 Å². The Bertz CT molecular complexity index is 1580. The van der Waals surface area contributed by atoms with Gasteiger partial charge in [-0.05, 0) is 48.5 Å². The summed E-state index contributed by atoms with van der Waals surface area (Å²) in [5.74, 6) is -4.26. The van der Waals surface area contributed by atoms with Crippen molar-refractivity contribution in [3.63, 3.8) is 0 Å². The largest absolute Gasteiger partial charge is 0.465 e. The molecule has 3 aromatic carbocycles. The molecule has 0 saturated carbocycles. The molecule has 0 aliphatic carbocycles. The smallest absolute Gasteiger partial charge is 0.338 e. The summed E-state index contributed by atoms with van der Waals surface area (Å²) in [7, 11) is -3.04. The van der Waals surface area contributed by atoms with Gasteiger partial charge in [-0.15, -0.1) is 0 Å². The molecule has 1 heterocycles. The molecule has 4 rings (SSSR count). The third-order valence-corrected chi connectivity index (χ3v) is 8.06. The summed E-state index contributed by atoms with van der Waals surface area (Å²) in [4.78, 5) is 35.3. The van der Waals surface area contributed by atoms with E-state index in [0.717, 1.165) is 43.1 Å². The molecule has 1 N–H and O–H groups in total. The van der Waals surface area contributed by atoms with E-state index >= 15 is 0 Å². The van der Waals surface area contributed by atoms with Crippen molar-refractivity contribution in [1.82, 2.24) is 0 Å². The highest BCUT2D eigenvalue weighted by Crippen LogP contribution is 2.41. The van der Waals surface area contributed by atoms with Gasteiger partial charge in [-0.1, -0.05) is 17.8 Å². The van der Waals surface area contributed by atoms with Gasteiger partial charge >= 0.3 is 5.97 Å². The maximum absolute atomic E-state index is 14.0. The van der Waals surface area contributed by atoms with E-state index in [1.165, 1.54) is 36.4 Å². The maximum atomic E-state index is 14.0. The number of sulfone groups is 1. The lowest BCUT2D eigenvalue weighted by Gasteiger charge is -2.19. The number of carbonyl (C=O) groups excluding carboxylic acids is 2. The lowest BCUT2D eigenvalue weighted by Crippen LogP contribution is -2.18. The molecule has 0 radical (unpaired) electrons. The molecule has 1 aliphatic rings. The van der Waals surface area contributed by atoms with Crippen molar-refractivity contribution in [2.45, 2.75) is 15.5 Å². The second-order valence-electron chi connectivity index (χ2n) is 7.70. The Hall–Kier alpha value is -4.10. The number of nitrogens with zero attached hydrogens (tertiary/aromatic N) is 1. The van der Waals surface area contributed by atoms with Gasteiger partial charge in [-0.2, -0.15) is 0 Å². The van der Waals surface area contributed by atoms with E-state index in [2.05, 4.69) is 10.1 Å². The van der Waals surface area contributed by atoms with Crippen molar-refractivity contribution in [2.75, 3.05) is 12.4 Å². The van der Waals surface area contributed by atoms with Crippen LogP contribution >= 0.6 is 11.8 Å². The van der Waals surface area contributed by atoms with Crippen LogP contribution in [0.5, 0.6) is 0 Å². The number of rotatable bonds is 6. The average molecular weight is 547 g/mol. The number of methoxy groups -OCH3 is 1. The summed E-state index contributed by atoms with van der Waals surface area (Å²) in [5, 5.41) is 14.1. The van der Waals surface area contributed by atoms with Crippen molar-refractivity contribution >= 4 is 50.9 Å². The molecule has 0 fully saturated rings. The fourth-order valence-electron chi connectivity index (χ4n) is 3.48. The third-order valence-electron chi connectivity index (χ3n) is 5.33. The van der Waals surface area contributed by atoms with Crippen molar-refractivity contribution in [1.29, 1.82) is 0 Å². The Morgan fingerprint density at radius 2 is 1.84 bits per heavy atom. The lowest BCUT2D eigenvalue weighted by atomic mass is 10.1. The SMILES string of the molecule is COC(=O)c1ccc(C=C2Sc3cc(S(=O)(=O)Cc4c(F)cccc4F)ccc3NC2=O)c([N+](=O)[O-])c1. The van der Waals surface area contributed by atoms with Gasteiger partial charge in [0.1, 0.15) is 11.6 Å². The zero-order chi connectivity index (χ0) is 26.9. The minimum Gasteiger partial charge on any atom is -0.465 e. The molecular weight excluding hydrogens is 530 g/mol. The Kier molecular flexibility index (Phi) is 7.09. The molecule has 0 bridgehead atoms. The minimum atomic E-state index is -4.17. The van der Waals surface area contributed by atoms with Crippen molar-refractivity contribution in [2.24, 2.45) is 0 Å². The molecule has 1 aliphatic heterocycles. The maximum Gasteiger partial charge on any atom is 0.338 e. The first-order chi connectivity index (χ1) is 17.5. The first-order valence-electron chi connectivity index (χ1n) is 10.4. The monoisotopic (exact) mass is 546 g/mol. The second kappa shape index (κ2) is 10.1. The van der Waals surface area contributed by atoms with Crippen LogP contribution in [-0.4, -0.2) is 32.3 Å². The Morgan fingerprint density at radius 1 is 1.14 bits per heavy atom. The molecule has 37 heavy (non-hydrogen) atoms. The van der Waals surface area contributed by atoms with Crippen LogP contribution in [0.4, 0.5) is 20.2 Å². The number of thioether (sulfide) groups is 1. The summed E-state index contributed by atoms with van der Waals surface area (Å²) in [6, 6.07) is 10.4. The highest BCUT2D eigenvalue weighted by atomic mass is 32.2. The van der Waals surface area contributed by atoms with Gasteiger partial charge in [0.05, 0.1) is 44.4 Å². The molecule has 190 valence electrons. The quantitative estimate of drug-likeness (QED) is 0.203. The Balaban J connectivity index is 1.69. The lowest BCUT2D eigenvalue weighted by molar-refractivity contribution is -0.385. The number of nitro groups is 1. The van der Waals surface area contributed by atoms with Crippen LogP contribution in [0.2, 0.25) is 0 Å². The van der Waals surface area contributed by atoms with Gasteiger partial charge in [0.2, 0.25) is 0 Å². The average Bonchev–Trinajstić information content (AvgIpc) is 2.86. The number of nitro benzene ring substituents is 1. The number of anilines is 1. The van der Waals surface area contributed by atoms with Gasteiger partial charge in [0.25, 0.3) is 11.6 Å². The van der Waals surface area contributed by atoms with E-state index in [4.69, 9.17) is 0 Å². The van der Waals surface area contributed by atoms with E-state index in [0.29, 0.717) is 10.6 Å². The zero-order valence-electron chi connectivity index (χ0n) is 18.9. The topological polar surface area (TPSA) is 133 Å². The van der Waals surface area contributed by atoms with Gasteiger partial charge in [0, 0.05) is 16.5 Å². The number of carbonyl (C=O) groups is 2. The predicted octanol–water partition coefficient (Wildman–Crippen LogP) is 4.72. The number of amides is 1. The summed E-state index contributed by atoms with van der Waals surface area (Å²) in [5.41, 5.74) is -0.776. The molecule has 0 spiro atoms. The Labute approximate surface area is 213 Å². The van der Waals surface area contributed by atoms with Crippen LogP contribution < -0.4 is 5.32 Å². The standard InChI is InChI=1S/C24H16F2N2O7S2/c1-35-24(30)14-6-5-13(20(9-14)28(31)32)10-22-23(29)27-19-8-7-15(11-21(19)36-22)37(33,34)12-16-17(25)3-2-4-18(16)26/h2-11H,12H2,1H3,(H,27,29). The minimum absolute atomic E-state index is 0.0103. The number of ether oxygens (including phenoxy) is 1. The second-order valence-corrected chi connectivity index (χ2v) is 10.8. The number of hydrogen-bond donors (Lipinski definition) is 1. The van der Waals surface area contributed by atoms with Crippen molar-refractivity contribution in [3.05, 3.63) is 97.9 Å². The fraction of sp³-hybridized carbons (Fsp3) is 0.0833.